The average Bonchev–Trinajstić information content (AvgIpc) is 3.28. The van der Waals surface area contributed by atoms with Gasteiger partial charge in [0.25, 0.3) is 0 Å². The topological polar surface area (TPSA) is 80.8 Å². The van der Waals surface area contributed by atoms with Gasteiger partial charge in [-0.05, 0) is 83.4 Å². The third kappa shape index (κ3) is 8.02. The molecule has 7 nitrogen and oxygen atoms in total. The summed E-state index contributed by atoms with van der Waals surface area (Å²) in [5.41, 5.74) is 5.48. The highest BCUT2D eigenvalue weighted by Crippen LogP contribution is 2.33. The molecule has 0 saturated carbocycles. The number of nitrogens with one attached hydrogen (secondary N) is 1. The second kappa shape index (κ2) is 12.9. The molecule has 1 amide bonds. The summed E-state index contributed by atoms with van der Waals surface area (Å²) in [6.45, 7) is 12.9. The van der Waals surface area contributed by atoms with E-state index in [9.17, 15) is 14.0 Å². The zero-order valence-corrected chi connectivity index (χ0v) is 23.7. The number of benzene rings is 2. The Morgan fingerprint density at radius 2 is 1.97 bits per heavy atom. The van der Waals surface area contributed by atoms with E-state index in [1.165, 1.54) is 18.2 Å². The van der Waals surface area contributed by atoms with Gasteiger partial charge in [0.2, 0.25) is 0 Å². The zero-order valence-electron chi connectivity index (χ0n) is 22.8. The van der Waals surface area contributed by atoms with Crippen molar-refractivity contribution in [1.29, 1.82) is 0 Å². The molecule has 0 aliphatic heterocycles. The van der Waals surface area contributed by atoms with Crippen molar-refractivity contribution in [2.24, 2.45) is 0 Å². The van der Waals surface area contributed by atoms with Crippen molar-refractivity contribution in [3.05, 3.63) is 64.5 Å². The highest BCUT2D eigenvalue weighted by Gasteiger charge is 2.20. The van der Waals surface area contributed by atoms with Gasteiger partial charge < -0.3 is 19.7 Å². The first-order chi connectivity index (χ1) is 18.0. The van der Waals surface area contributed by atoms with Crippen LogP contribution in [0.1, 0.15) is 62.7 Å². The fourth-order valence-electron chi connectivity index (χ4n) is 3.96. The van der Waals surface area contributed by atoms with Gasteiger partial charge >= 0.3 is 6.09 Å². The van der Waals surface area contributed by atoms with Crippen LogP contribution in [0.5, 0.6) is 5.75 Å². The van der Waals surface area contributed by atoms with E-state index in [2.05, 4.69) is 35.1 Å². The lowest BCUT2D eigenvalue weighted by molar-refractivity contribution is 0.0523. The van der Waals surface area contributed by atoms with Crippen LogP contribution in [-0.4, -0.2) is 42.2 Å². The molecule has 0 unspecified atom stereocenters. The van der Waals surface area contributed by atoms with E-state index < -0.39 is 17.5 Å². The second-order valence-corrected chi connectivity index (χ2v) is 11.1. The van der Waals surface area contributed by atoms with Crippen LogP contribution >= 0.6 is 11.3 Å². The van der Waals surface area contributed by atoms with Crippen molar-refractivity contribution in [2.75, 3.05) is 18.1 Å². The third-order valence-corrected chi connectivity index (χ3v) is 6.72. The van der Waals surface area contributed by atoms with Crippen LogP contribution in [-0.2, 0) is 11.3 Å². The quantitative estimate of drug-likeness (QED) is 0.213. The number of amides is 1. The number of aryl methyl sites for hydroxylation is 1. The van der Waals surface area contributed by atoms with Crippen molar-refractivity contribution in [1.82, 2.24) is 10.3 Å². The summed E-state index contributed by atoms with van der Waals surface area (Å²) in [6, 6.07) is 10.5. The van der Waals surface area contributed by atoms with Crippen LogP contribution in [0, 0.1) is 12.7 Å². The monoisotopic (exact) mass is 541 g/mol. The lowest BCUT2D eigenvalue weighted by Gasteiger charge is -2.32. The molecular formula is C29H36FN3O4S. The van der Waals surface area contributed by atoms with E-state index in [0.29, 0.717) is 32.4 Å². The molecule has 0 aliphatic rings. The molecule has 0 fully saturated rings. The Hall–Kier alpha value is -3.46. The Labute approximate surface area is 228 Å². The summed E-state index contributed by atoms with van der Waals surface area (Å²) < 4.78 is 25.3. The molecule has 2 aromatic carbocycles. The summed E-state index contributed by atoms with van der Waals surface area (Å²) >= 11 is 1.59. The molecule has 1 heterocycles. The van der Waals surface area contributed by atoms with E-state index in [1.807, 2.05) is 45.3 Å². The number of hydrogen-bond donors (Lipinski definition) is 1. The van der Waals surface area contributed by atoms with Crippen LogP contribution in [0.25, 0.3) is 10.4 Å². The molecule has 3 aromatic rings. The molecule has 38 heavy (non-hydrogen) atoms. The number of hydrogen-bond acceptors (Lipinski definition) is 7. The number of aldehydes is 1. The van der Waals surface area contributed by atoms with Gasteiger partial charge in [-0.2, -0.15) is 0 Å². The predicted molar refractivity (Wildman–Crippen MR) is 150 cm³/mol. The summed E-state index contributed by atoms with van der Waals surface area (Å²) in [7, 11) is 0. The van der Waals surface area contributed by atoms with Gasteiger partial charge in [0.15, 0.2) is 11.6 Å². The Kier molecular flexibility index (Phi) is 9.85. The Balaban J connectivity index is 1.79. The van der Waals surface area contributed by atoms with Crippen LogP contribution in [0.15, 0.2) is 41.9 Å². The molecule has 0 spiro atoms. The predicted octanol–water partition coefficient (Wildman–Crippen LogP) is 6.78. The third-order valence-electron chi connectivity index (χ3n) is 5.74. The van der Waals surface area contributed by atoms with Crippen LogP contribution in [0.2, 0.25) is 0 Å². The van der Waals surface area contributed by atoms with Crippen molar-refractivity contribution < 1.29 is 23.5 Å². The number of thiazole rings is 1. The number of aromatic nitrogens is 1. The first kappa shape index (κ1) is 29.1. The van der Waals surface area contributed by atoms with Crippen molar-refractivity contribution in [3.8, 4) is 16.2 Å². The number of carbonyl (C=O) groups excluding carboxylic acids is 2. The fourth-order valence-corrected chi connectivity index (χ4v) is 4.77. The van der Waals surface area contributed by atoms with Crippen LogP contribution in [0.4, 0.5) is 14.9 Å². The normalized spacial score (nSPS) is 11.4. The molecule has 1 N–H and O–H groups in total. The van der Waals surface area contributed by atoms with E-state index in [1.54, 1.807) is 11.3 Å². The van der Waals surface area contributed by atoms with Gasteiger partial charge in [-0.25, -0.2) is 14.2 Å². The highest BCUT2D eigenvalue weighted by atomic mass is 32.1. The number of halogens is 1. The Bertz CT molecular complexity index is 1250. The number of carbonyl (C=O) groups is 2. The van der Waals surface area contributed by atoms with Gasteiger partial charge in [-0.15, -0.1) is 11.3 Å². The van der Waals surface area contributed by atoms with Gasteiger partial charge in [0.05, 0.1) is 22.7 Å². The smallest absolute Gasteiger partial charge is 0.407 e. The largest absolute Gasteiger partial charge is 0.490 e. The first-order valence-corrected chi connectivity index (χ1v) is 13.5. The van der Waals surface area contributed by atoms with Crippen molar-refractivity contribution in [2.45, 2.75) is 66.2 Å². The summed E-state index contributed by atoms with van der Waals surface area (Å²) in [5, 5.41) is 2.87. The van der Waals surface area contributed by atoms with Crippen LogP contribution in [0.3, 0.4) is 0 Å². The summed E-state index contributed by atoms with van der Waals surface area (Å²) in [4.78, 5) is 30.9. The average molecular weight is 542 g/mol. The highest BCUT2D eigenvalue weighted by molar-refractivity contribution is 7.13. The number of alkyl carbamates (subject to hydrolysis) is 1. The van der Waals surface area contributed by atoms with E-state index in [4.69, 9.17) is 9.47 Å². The van der Waals surface area contributed by atoms with Crippen molar-refractivity contribution >= 4 is 29.4 Å². The molecule has 0 bridgehead atoms. The molecule has 1 aromatic heterocycles. The van der Waals surface area contributed by atoms with Gasteiger partial charge in [0, 0.05) is 30.4 Å². The van der Waals surface area contributed by atoms with E-state index >= 15 is 0 Å². The molecule has 3 rings (SSSR count). The van der Waals surface area contributed by atoms with Gasteiger partial charge in [-0.3, -0.25) is 4.79 Å². The number of ether oxygens (including phenoxy) is 2. The van der Waals surface area contributed by atoms with Crippen molar-refractivity contribution in [3.63, 3.8) is 0 Å². The van der Waals surface area contributed by atoms with E-state index in [0.717, 1.165) is 27.4 Å². The standard InChI is InChI=1S/C29H36FN3O4S/c1-19(2)33(12-7-13-36-26-11-8-21(17-34)14-24(26)30)25-15-22(27-20(3)32-18-38-27)9-10-23(25)16-31-28(35)37-29(4,5)6/h8-11,14-15,17-19H,7,12-13,16H2,1-6H3,(H,31,35). The number of nitrogens with zero attached hydrogens (tertiary/aromatic N) is 2. The lowest BCUT2D eigenvalue weighted by atomic mass is 10.0. The molecule has 204 valence electrons. The summed E-state index contributed by atoms with van der Waals surface area (Å²) in [5.74, 6) is -0.435. The maximum atomic E-state index is 14.2. The van der Waals surface area contributed by atoms with Gasteiger partial charge in [0.1, 0.15) is 11.9 Å². The minimum Gasteiger partial charge on any atom is -0.490 e. The number of anilines is 1. The van der Waals surface area contributed by atoms with E-state index in [-0.39, 0.29) is 17.4 Å². The molecule has 9 heteroatoms. The zero-order chi connectivity index (χ0) is 27.9. The second-order valence-electron chi connectivity index (χ2n) is 10.3. The van der Waals surface area contributed by atoms with Gasteiger partial charge in [-0.1, -0.05) is 12.1 Å². The lowest BCUT2D eigenvalue weighted by Crippen LogP contribution is -2.35. The molecule has 0 saturated heterocycles. The van der Waals surface area contributed by atoms with Crippen LogP contribution < -0.4 is 15.0 Å². The maximum absolute atomic E-state index is 14.2. The molecule has 0 radical (unpaired) electrons. The maximum Gasteiger partial charge on any atom is 0.407 e. The SMILES string of the molecule is Cc1ncsc1-c1ccc(CNC(=O)OC(C)(C)C)c(N(CCCOc2ccc(C=O)cc2F)C(C)C)c1. The number of rotatable bonds is 11. The molecule has 0 atom stereocenters. The Morgan fingerprint density at radius 3 is 2.58 bits per heavy atom. The first-order valence-electron chi connectivity index (χ1n) is 12.6. The molecule has 0 aliphatic carbocycles. The minimum atomic E-state index is -0.586. The minimum absolute atomic E-state index is 0.122. The fraction of sp³-hybridized carbons (Fsp3) is 0.414. The molecular weight excluding hydrogens is 505 g/mol. The summed E-state index contributed by atoms with van der Waals surface area (Å²) in [6.07, 6.45) is 0.762. The Morgan fingerprint density at radius 1 is 1.21 bits per heavy atom.